The predicted octanol–water partition coefficient (Wildman–Crippen LogP) is 2.14. The van der Waals surface area contributed by atoms with Crippen LogP contribution in [0.5, 0.6) is 0 Å². The van der Waals surface area contributed by atoms with Crippen molar-refractivity contribution in [3.8, 4) is 0 Å². The number of hydrogen-bond acceptors (Lipinski definition) is 4. The molecule has 92 valence electrons. The molecule has 16 heavy (non-hydrogen) atoms. The number of hydrogen-bond donors (Lipinski definition) is 1. The van der Waals surface area contributed by atoms with Crippen LogP contribution in [0.1, 0.15) is 26.7 Å². The molecule has 0 aliphatic heterocycles. The third-order valence-electron chi connectivity index (χ3n) is 2.69. The van der Waals surface area contributed by atoms with Crippen molar-refractivity contribution in [3.05, 3.63) is 11.4 Å². The quantitative estimate of drug-likeness (QED) is 0.884. The average Bonchev–Trinajstić information content (AvgIpc) is 2.67. The van der Waals surface area contributed by atoms with Gasteiger partial charge in [-0.25, -0.2) is 8.42 Å². The highest BCUT2D eigenvalue weighted by atomic mass is 32.2. The van der Waals surface area contributed by atoms with E-state index in [1.807, 2.05) is 13.8 Å². The Bertz CT molecular complexity index is 435. The summed E-state index contributed by atoms with van der Waals surface area (Å²) in [5.41, 5.74) is 6.05. The molecule has 0 radical (unpaired) electrons. The lowest BCUT2D eigenvalue weighted by Gasteiger charge is -2.24. The fraction of sp³-hybridized carbons (Fsp3) is 0.600. The maximum Gasteiger partial charge on any atom is 0.252 e. The average molecular weight is 262 g/mol. The van der Waals surface area contributed by atoms with Gasteiger partial charge < -0.3 is 5.73 Å². The van der Waals surface area contributed by atoms with Crippen LogP contribution in [0.2, 0.25) is 0 Å². The van der Waals surface area contributed by atoms with Gasteiger partial charge in [-0.15, -0.1) is 11.3 Å². The van der Waals surface area contributed by atoms with Crippen molar-refractivity contribution < 1.29 is 8.42 Å². The first-order valence-electron chi connectivity index (χ1n) is 5.25. The van der Waals surface area contributed by atoms with E-state index in [4.69, 9.17) is 5.73 Å². The van der Waals surface area contributed by atoms with Gasteiger partial charge in [-0.3, -0.25) is 0 Å². The predicted molar refractivity (Wildman–Crippen MR) is 68.1 cm³/mol. The zero-order valence-corrected chi connectivity index (χ0v) is 11.4. The van der Waals surface area contributed by atoms with E-state index in [9.17, 15) is 8.42 Å². The molecule has 0 spiro atoms. The van der Waals surface area contributed by atoms with Gasteiger partial charge in [0.05, 0.1) is 0 Å². The Morgan fingerprint density at radius 3 is 2.38 bits per heavy atom. The molecule has 0 aliphatic carbocycles. The minimum Gasteiger partial charge on any atom is -0.398 e. The molecule has 4 nitrogen and oxygen atoms in total. The van der Waals surface area contributed by atoms with E-state index in [1.165, 1.54) is 21.7 Å². The zero-order chi connectivity index (χ0) is 12.3. The third-order valence-corrected chi connectivity index (χ3v) is 6.03. The lowest BCUT2D eigenvalue weighted by Crippen LogP contribution is -2.35. The van der Waals surface area contributed by atoms with Crippen LogP contribution in [-0.4, -0.2) is 25.8 Å². The smallest absolute Gasteiger partial charge is 0.252 e. The Morgan fingerprint density at radius 2 is 2.00 bits per heavy atom. The highest BCUT2D eigenvalue weighted by Gasteiger charge is 2.27. The summed E-state index contributed by atoms with van der Waals surface area (Å²) in [6.07, 6.45) is 1.63. The maximum atomic E-state index is 12.2. The van der Waals surface area contributed by atoms with Crippen molar-refractivity contribution in [1.29, 1.82) is 0 Å². The fourth-order valence-electron chi connectivity index (χ4n) is 1.61. The molecule has 0 amide bonds. The van der Waals surface area contributed by atoms with Crippen LogP contribution in [0.3, 0.4) is 0 Å². The van der Waals surface area contributed by atoms with Crippen molar-refractivity contribution in [2.24, 2.45) is 0 Å². The van der Waals surface area contributed by atoms with Gasteiger partial charge in [-0.1, -0.05) is 13.8 Å². The van der Waals surface area contributed by atoms with Crippen molar-refractivity contribution in [1.82, 2.24) is 4.31 Å². The second-order valence-corrected chi connectivity index (χ2v) is 6.83. The molecule has 6 heteroatoms. The molecule has 1 aromatic rings. The molecule has 0 fully saturated rings. The van der Waals surface area contributed by atoms with Gasteiger partial charge in [0.25, 0.3) is 10.0 Å². The SMILES string of the molecule is CCC(CC)N(C)S(=O)(=O)c1cc(N)cs1. The van der Waals surface area contributed by atoms with E-state index in [-0.39, 0.29) is 6.04 Å². The third kappa shape index (κ3) is 2.56. The Labute approximate surface area is 101 Å². The number of nitrogen functional groups attached to an aromatic ring is 1. The van der Waals surface area contributed by atoms with Gasteiger partial charge in [0, 0.05) is 24.2 Å². The van der Waals surface area contributed by atoms with Gasteiger partial charge in [-0.05, 0) is 18.9 Å². The summed E-state index contributed by atoms with van der Waals surface area (Å²) in [5, 5.41) is 1.65. The van der Waals surface area contributed by atoms with Crippen molar-refractivity contribution in [2.75, 3.05) is 12.8 Å². The van der Waals surface area contributed by atoms with E-state index < -0.39 is 10.0 Å². The van der Waals surface area contributed by atoms with Crippen molar-refractivity contribution in [3.63, 3.8) is 0 Å². The summed E-state index contributed by atoms with van der Waals surface area (Å²) in [6, 6.07) is 1.56. The van der Waals surface area contributed by atoms with Crippen molar-refractivity contribution in [2.45, 2.75) is 36.9 Å². The van der Waals surface area contributed by atoms with E-state index in [2.05, 4.69) is 0 Å². The maximum absolute atomic E-state index is 12.2. The first kappa shape index (κ1) is 13.5. The Kier molecular flexibility index (Phi) is 4.35. The van der Waals surface area contributed by atoms with E-state index >= 15 is 0 Å². The van der Waals surface area contributed by atoms with Crippen LogP contribution in [0.25, 0.3) is 0 Å². The minimum absolute atomic E-state index is 0.0494. The van der Waals surface area contributed by atoms with Crippen LogP contribution in [0.4, 0.5) is 5.69 Å². The summed E-state index contributed by atoms with van der Waals surface area (Å²) in [5.74, 6) is 0. The van der Waals surface area contributed by atoms with E-state index in [0.717, 1.165) is 12.8 Å². The van der Waals surface area contributed by atoms with Crippen molar-refractivity contribution >= 4 is 27.0 Å². The molecule has 0 aliphatic rings. The Morgan fingerprint density at radius 1 is 1.44 bits per heavy atom. The number of nitrogens with two attached hydrogens (primary N) is 1. The van der Waals surface area contributed by atoms with Crippen LogP contribution in [0, 0.1) is 0 Å². The number of thiophene rings is 1. The second kappa shape index (κ2) is 5.16. The van der Waals surface area contributed by atoms with Gasteiger partial charge in [0.2, 0.25) is 0 Å². The highest BCUT2D eigenvalue weighted by molar-refractivity contribution is 7.91. The zero-order valence-electron chi connectivity index (χ0n) is 9.80. The molecule has 0 aromatic carbocycles. The van der Waals surface area contributed by atoms with Crippen LogP contribution in [-0.2, 0) is 10.0 Å². The van der Waals surface area contributed by atoms with Crippen LogP contribution >= 0.6 is 11.3 Å². The molecule has 0 saturated carbocycles. The molecule has 2 N–H and O–H groups in total. The van der Waals surface area contributed by atoms with Gasteiger partial charge in [0.15, 0.2) is 0 Å². The fourth-order valence-corrected chi connectivity index (χ4v) is 4.37. The summed E-state index contributed by atoms with van der Waals surface area (Å²) in [4.78, 5) is 0. The standard InChI is InChI=1S/C10H18N2O2S2/c1-4-9(5-2)12(3)16(13,14)10-6-8(11)7-15-10/h6-7,9H,4-5,11H2,1-3H3. The number of anilines is 1. The molecule has 1 aromatic heterocycles. The monoisotopic (exact) mass is 262 g/mol. The topological polar surface area (TPSA) is 63.4 Å². The minimum atomic E-state index is -3.37. The summed E-state index contributed by atoms with van der Waals surface area (Å²) in [7, 11) is -1.74. The van der Waals surface area contributed by atoms with Crippen LogP contribution < -0.4 is 5.73 Å². The van der Waals surface area contributed by atoms with Gasteiger partial charge in [-0.2, -0.15) is 4.31 Å². The molecular formula is C10H18N2O2S2. The lowest BCUT2D eigenvalue weighted by molar-refractivity contribution is 0.350. The van der Waals surface area contributed by atoms with Gasteiger partial charge in [0.1, 0.15) is 4.21 Å². The molecule has 0 saturated heterocycles. The Hall–Kier alpha value is -0.590. The number of rotatable bonds is 5. The lowest BCUT2D eigenvalue weighted by atomic mass is 10.2. The first-order valence-corrected chi connectivity index (χ1v) is 7.57. The number of nitrogens with zero attached hydrogens (tertiary/aromatic N) is 1. The molecular weight excluding hydrogens is 244 g/mol. The Balaban J connectivity index is 3.02. The molecule has 0 atom stereocenters. The van der Waals surface area contributed by atoms with E-state index in [0.29, 0.717) is 9.90 Å². The molecule has 0 bridgehead atoms. The normalized spacial score (nSPS) is 12.6. The van der Waals surface area contributed by atoms with E-state index in [1.54, 1.807) is 12.4 Å². The molecule has 1 heterocycles. The largest absolute Gasteiger partial charge is 0.398 e. The molecule has 1 rings (SSSR count). The summed E-state index contributed by atoms with van der Waals surface area (Å²) in [6.45, 7) is 3.98. The summed E-state index contributed by atoms with van der Waals surface area (Å²) < 4.78 is 26.1. The van der Waals surface area contributed by atoms with Gasteiger partial charge >= 0.3 is 0 Å². The highest BCUT2D eigenvalue weighted by Crippen LogP contribution is 2.26. The number of sulfonamides is 1. The van der Waals surface area contributed by atoms with Crippen LogP contribution in [0.15, 0.2) is 15.7 Å². The molecule has 0 unspecified atom stereocenters. The second-order valence-electron chi connectivity index (χ2n) is 3.69. The first-order chi connectivity index (χ1) is 7.43. The summed E-state index contributed by atoms with van der Waals surface area (Å²) >= 11 is 1.17.